The smallest absolute Gasteiger partial charge is 0.250 e. The Morgan fingerprint density at radius 2 is 0.878 bits per heavy atom. The molecular weight excluding hydrogens is 680 g/mol. The molecule has 0 saturated heterocycles. The van der Waals surface area contributed by atoms with Gasteiger partial charge in [0.2, 0.25) is 0 Å². The predicted octanol–water partition coefficient (Wildman–Crippen LogP) is 9.61. The number of benzene rings is 3. The first-order chi connectivity index (χ1) is 18.5. The van der Waals surface area contributed by atoms with E-state index in [1.54, 1.807) is 0 Å². The fourth-order valence-electron chi connectivity index (χ4n) is 5.71. The molecule has 3 heteroatoms. The van der Waals surface area contributed by atoms with Crippen LogP contribution in [0.15, 0.2) is 60.7 Å². The van der Waals surface area contributed by atoms with Gasteiger partial charge in [-0.15, -0.1) is 34.4 Å². The third-order valence-corrected chi connectivity index (χ3v) is 8.91. The fraction of sp³-hybridized carbons (Fsp3) is 0.368. The van der Waals surface area contributed by atoms with E-state index in [1.165, 1.54) is 11.1 Å². The SMILES string of the molecule is CC(C)(C)c1cc2[c-]c(c1)C(C)(C)c1ccc3ccc4ccc(nc4c3n1)C(C)(C)c1[c-]c-2cc(C(C)(C)C)c1.[Pt+2]. The molecule has 1 aliphatic heterocycles. The van der Waals surface area contributed by atoms with Crippen molar-refractivity contribution in [2.24, 2.45) is 0 Å². The van der Waals surface area contributed by atoms with Crippen molar-refractivity contribution in [3.63, 3.8) is 0 Å². The van der Waals surface area contributed by atoms with Crippen molar-refractivity contribution in [3.8, 4) is 11.1 Å². The second kappa shape index (κ2) is 9.60. The summed E-state index contributed by atoms with van der Waals surface area (Å²) < 4.78 is 0. The largest absolute Gasteiger partial charge is 2.00 e. The van der Waals surface area contributed by atoms with E-state index in [2.05, 4.69) is 142 Å². The van der Waals surface area contributed by atoms with E-state index in [1.807, 2.05) is 0 Å². The first-order valence-corrected chi connectivity index (χ1v) is 14.4. The number of hydrogen-bond acceptors (Lipinski definition) is 2. The Bertz CT molecular complexity index is 1680. The van der Waals surface area contributed by atoms with E-state index in [0.29, 0.717) is 0 Å². The summed E-state index contributed by atoms with van der Waals surface area (Å²) in [5.74, 6) is 0. The zero-order valence-corrected chi connectivity index (χ0v) is 28.3. The van der Waals surface area contributed by atoms with E-state index < -0.39 is 0 Å². The third kappa shape index (κ3) is 4.97. The van der Waals surface area contributed by atoms with Gasteiger partial charge in [0.05, 0.1) is 11.0 Å². The van der Waals surface area contributed by atoms with Crippen LogP contribution in [0.2, 0.25) is 0 Å². The van der Waals surface area contributed by atoms with E-state index in [-0.39, 0.29) is 42.7 Å². The molecule has 5 aromatic rings. The van der Waals surface area contributed by atoms with Crippen LogP contribution in [0, 0.1) is 12.1 Å². The molecule has 2 nitrogen and oxygen atoms in total. The number of fused-ring (bicyclic) bond motifs is 7. The maximum atomic E-state index is 5.33. The van der Waals surface area contributed by atoms with Crippen molar-refractivity contribution in [1.29, 1.82) is 0 Å². The molecule has 0 saturated carbocycles. The first-order valence-electron chi connectivity index (χ1n) is 14.4. The van der Waals surface area contributed by atoms with Crippen LogP contribution in [0.5, 0.6) is 0 Å². The zero-order chi connectivity index (χ0) is 28.8. The van der Waals surface area contributed by atoms with Gasteiger partial charge in [-0.2, -0.15) is 24.3 Å². The van der Waals surface area contributed by atoms with Crippen LogP contribution < -0.4 is 0 Å². The van der Waals surface area contributed by atoms with Gasteiger partial charge in [0.1, 0.15) is 0 Å². The van der Waals surface area contributed by atoms with E-state index >= 15 is 0 Å². The van der Waals surface area contributed by atoms with Crippen molar-refractivity contribution in [2.45, 2.75) is 90.9 Å². The summed E-state index contributed by atoms with van der Waals surface area (Å²) in [5.41, 5.74) is 10.2. The summed E-state index contributed by atoms with van der Waals surface area (Å²) in [6.45, 7) is 22.8. The van der Waals surface area contributed by atoms with Gasteiger partial charge >= 0.3 is 21.1 Å². The Hall–Kier alpha value is -2.83. The standard InChI is InChI=1S/C38H40N2.Pt/c1-35(2,3)27-17-25-19-29(21-27)37(7,8)31-15-13-23-11-12-24-14-16-32(40-34(24)33(23)39-31)38(9,10)30-20-26(25)18-28(22-30)36(4,5)6;/h11-18,21-22H,1-10H3;/q-2;+2. The van der Waals surface area contributed by atoms with Gasteiger partial charge in [0.25, 0.3) is 0 Å². The molecule has 1 aliphatic rings. The van der Waals surface area contributed by atoms with Crippen LogP contribution in [-0.4, -0.2) is 9.97 Å². The molecule has 0 amide bonds. The second-order valence-electron chi connectivity index (χ2n) is 14.7. The predicted molar refractivity (Wildman–Crippen MR) is 168 cm³/mol. The normalized spacial score (nSPS) is 15.8. The van der Waals surface area contributed by atoms with Crippen molar-refractivity contribution in [3.05, 3.63) is 106 Å². The average Bonchev–Trinajstić information content (AvgIpc) is 2.90. The molecule has 3 heterocycles. The van der Waals surface area contributed by atoms with Crippen molar-refractivity contribution < 1.29 is 21.1 Å². The molecule has 6 rings (SSSR count). The molecule has 0 atom stereocenters. The van der Waals surface area contributed by atoms with E-state index in [0.717, 1.165) is 55.4 Å². The Morgan fingerprint density at radius 1 is 0.537 bits per heavy atom. The molecule has 8 bridgehead atoms. The quantitative estimate of drug-likeness (QED) is 0.118. The molecule has 2 aromatic heterocycles. The minimum absolute atomic E-state index is 0. The molecule has 3 aromatic carbocycles. The van der Waals surface area contributed by atoms with Crippen LogP contribution in [0.3, 0.4) is 0 Å². The van der Waals surface area contributed by atoms with Crippen LogP contribution in [-0.2, 0) is 42.7 Å². The summed E-state index contributed by atoms with van der Waals surface area (Å²) in [6.07, 6.45) is 0. The average molecular weight is 720 g/mol. The van der Waals surface area contributed by atoms with Crippen LogP contribution in [0.4, 0.5) is 0 Å². The van der Waals surface area contributed by atoms with Crippen molar-refractivity contribution in [2.75, 3.05) is 0 Å². The van der Waals surface area contributed by atoms with Crippen molar-refractivity contribution in [1.82, 2.24) is 9.97 Å². The summed E-state index contributed by atoms with van der Waals surface area (Å²) in [6, 6.07) is 30.1. The Kier molecular flexibility index (Phi) is 6.94. The first kappa shape index (κ1) is 29.7. The zero-order valence-electron chi connectivity index (χ0n) is 26.0. The Labute approximate surface area is 260 Å². The Morgan fingerprint density at radius 3 is 1.22 bits per heavy atom. The molecule has 0 spiro atoms. The van der Waals surface area contributed by atoms with Gasteiger partial charge in [0.15, 0.2) is 0 Å². The molecule has 0 radical (unpaired) electrons. The second-order valence-corrected chi connectivity index (χ2v) is 14.7. The van der Waals surface area contributed by atoms with Gasteiger partial charge in [0, 0.05) is 33.0 Å². The third-order valence-electron chi connectivity index (χ3n) is 8.91. The molecule has 0 N–H and O–H groups in total. The minimum atomic E-state index is -0.363. The summed E-state index contributed by atoms with van der Waals surface area (Å²) in [7, 11) is 0. The van der Waals surface area contributed by atoms with Crippen LogP contribution >= 0.6 is 0 Å². The summed E-state index contributed by atoms with van der Waals surface area (Å²) >= 11 is 0. The maximum Gasteiger partial charge on any atom is 2.00 e. The maximum absolute atomic E-state index is 5.33. The molecule has 0 unspecified atom stereocenters. The molecule has 212 valence electrons. The van der Waals surface area contributed by atoms with E-state index in [9.17, 15) is 0 Å². The molecular formula is C38H40N2Pt. The minimum Gasteiger partial charge on any atom is -0.250 e. The van der Waals surface area contributed by atoms with Gasteiger partial charge in [-0.1, -0.05) is 93.5 Å². The summed E-state index contributed by atoms with van der Waals surface area (Å²) in [4.78, 5) is 10.7. The molecule has 0 aliphatic carbocycles. The van der Waals surface area contributed by atoms with Gasteiger partial charge < -0.3 is 0 Å². The van der Waals surface area contributed by atoms with Crippen molar-refractivity contribution >= 4 is 21.8 Å². The molecule has 41 heavy (non-hydrogen) atoms. The van der Waals surface area contributed by atoms with Gasteiger partial charge in [-0.05, 0) is 23.0 Å². The molecule has 0 fully saturated rings. The fourth-order valence-corrected chi connectivity index (χ4v) is 5.71. The number of aromatic nitrogens is 2. The van der Waals surface area contributed by atoms with Crippen LogP contribution in [0.25, 0.3) is 32.9 Å². The number of rotatable bonds is 0. The van der Waals surface area contributed by atoms with Gasteiger partial charge in [-0.3, -0.25) is 0 Å². The number of pyridine rings is 2. The van der Waals surface area contributed by atoms with Crippen LogP contribution in [0.1, 0.15) is 103 Å². The monoisotopic (exact) mass is 719 g/mol. The summed E-state index contributed by atoms with van der Waals surface area (Å²) in [5, 5.41) is 2.22. The number of nitrogens with zero attached hydrogens (tertiary/aromatic N) is 2. The topological polar surface area (TPSA) is 25.8 Å². The Balaban J connectivity index is 0.00000337. The van der Waals surface area contributed by atoms with E-state index in [4.69, 9.17) is 9.97 Å². The number of hydrogen-bond donors (Lipinski definition) is 0. The van der Waals surface area contributed by atoms with Gasteiger partial charge in [-0.25, -0.2) is 21.1 Å².